The van der Waals surface area contributed by atoms with E-state index in [1.807, 2.05) is 13.0 Å². The molecule has 1 N–H and O–H groups in total. The Labute approximate surface area is 161 Å². The van der Waals surface area contributed by atoms with Gasteiger partial charge in [-0.15, -0.1) is 23.7 Å². The summed E-state index contributed by atoms with van der Waals surface area (Å²) in [6.45, 7) is 5.11. The highest BCUT2D eigenvalue weighted by Crippen LogP contribution is 2.32. The number of fused-ring (bicyclic) bond motifs is 3. The number of nitrogens with one attached hydrogen (secondary N) is 1. The summed E-state index contributed by atoms with van der Waals surface area (Å²) in [5.41, 5.74) is 2.01. The topological polar surface area (TPSA) is 58.1 Å². The fraction of sp³-hybridized carbons (Fsp3) is 0.368. The van der Waals surface area contributed by atoms with Gasteiger partial charge in [0.15, 0.2) is 0 Å². The third-order valence-corrected chi connectivity index (χ3v) is 5.89. The zero-order valence-electron chi connectivity index (χ0n) is 14.7. The zero-order valence-corrected chi connectivity index (χ0v) is 16.3. The molecule has 0 radical (unpaired) electrons. The number of hydrogen-bond donors (Lipinski definition) is 1. The molecule has 0 saturated heterocycles. The van der Waals surface area contributed by atoms with Crippen molar-refractivity contribution in [3.8, 4) is 0 Å². The van der Waals surface area contributed by atoms with Gasteiger partial charge in [-0.2, -0.15) is 0 Å². The molecule has 0 atom stereocenters. The monoisotopic (exact) mass is 391 g/mol. The zero-order chi connectivity index (χ0) is 17.4. The van der Waals surface area contributed by atoms with Crippen LogP contribution in [0, 0.1) is 0 Å². The van der Waals surface area contributed by atoms with Crippen LogP contribution in [-0.4, -0.2) is 21.0 Å². The number of benzene rings is 1. The van der Waals surface area contributed by atoms with Crippen LogP contribution in [0.3, 0.4) is 0 Å². The van der Waals surface area contributed by atoms with Gasteiger partial charge in [0.2, 0.25) is 0 Å². The van der Waals surface area contributed by atoms with E-state index in [1.165, 1.54) is 15.0 Å². The lowest BCUT2D eigenvalue weighted by molar-refractivity contribution is 0.249. The second-order valence-electron chi connectivity index (χ2n) is 6.54. The van der Waals surface area contributed by atoms with Gasteiger partial charge in [-0.3, -0.25) is 19.2 Å². The number of halogens is 1. The van der Waals surface area contributed by atoms with E-state index in [0.29, 0.717) is 6.54 Å². The Balaban J connectivity index is 0.00000196. The summed E-state index contributed by atoms with van der Waals surface area (Å²) in [7, 11) is 0. The van der Waals surface area contributed by atoms with Crippen molar-refractivity contribution in [3.63, 3.8) is 0 Å². The standard InChI is InChI=1S/C19H21N3O2S.ClH/c1-2-9-22-18(23)16-14-8-10-21(11-13-6-4-3-5-7-13)12-15(14)25-17(16)20-19(22)24;/h3-7H,2,8-12H2,1H3,(H,20,24);1H. The van der Waals surface area contributed by atoms with Crippen LogP contribution in [0.4, 0.5) is 0 Å². The second kappa shape index (κ2) is 7.78. The number of H-pyrrole nitrogens is 1. The summed E-state index contributed by atoms with van der Waals surface area (Å²) in [5, 5.41) is 0.729. The minimum Gasteiger partial charge on any atom is -0.298 e. The molecule has 1 aromatic carbocycles. The van der Waals surface area contributed by atoms with Crippen molar-refractivity contribution in [1.82, 2.24) is 14.5 Å². The van der Waals surface area contributed by atoms with Crippen molar-refractivity contribution in [1.29, 1.82) is 0 Å². The molecule has 0 bridgehead atoms. The van der Waals surface area contributed by atoms with Crippen molar-refractivity contribution < 1.29 is 0 Å². The van der Waals surface area contributed by atoms with Crippen LogP contribution in [0.2, 0.25) is 0 Å². The quantitative estimate of drug-likeness (QED) is 0.743. The molecule has 0 aliphatic carbocycles. The normalized spacial score (nSPS) is 14.2. The van der Waals surface area contributed by atoms with Gasteiger partial charge in [0, 0.05) is 31.1 Å². The molecule has 138 valence electrons. The molecule has 0 amide bonds. The Morgan fingerprint density at radius 1 is 1.19 bits per heavy atom. The number of nitrogens with zero attached hydrogens (tertiary/aromatic N) is 2. The fourth-order valence-corrected chi connectivity index (χ4v) is 4.84. The fourth-order valence-electron chi connectivity index (χ4n) is 3.57. The molecule has 3 heterocycles. The van der Waals surface area contributed by atoms with Crippen LogP contribution in [0.1, 0.15) is 29.3 Å². The Bertz CT molecular complexity index is 1020. The van der Waals surface area contributed by atoms with Crippen molar-refractivity contribution in [3.05, 3.63) is 67.2 Å². The highest BCUT2D eigenvalue weighted by Gasteiger charge is 2.24. The van der Waals surface area contributed by atoms with Crippen LogP contribution in [0.25, 0.3) is 10.2 Å². The van der Waals surface area contributed by atoms with Gasteiger partial charge in [-0.25, -0.2) is 4.79 Å². The van der Waals surface area contributed by atoms with Gasteiger partial charge in [0.05, 0.1) is 5.39 Å². The smallest absolute Gasteiger partial charge is 0.298 e. The van der Waals surface area contributed by atoms with Gasteiger partial charge in [-0.1, -0.05) is 37.3 Å². The van der Waals surface area contributed by atoms with Crippen molar-refractivity contribution in [2.45, 2.75) is 39.4 Å². The first-order valence-electron chi connectivity index (χ1n) is 8.71. The lowest BCUT2D eigenvalue weighted by Gasteiger charge is -2.26. The molecule has 26 heavy (non-hydrogen) atoms. The summed E-state index contributed by atoms with van der Waals surface area (Å²) in [4.78, 5) is 32.2. The maximum Gasteiger partial charge on any atom is 0.329 e. The first kappa shape index (κ1) is 18.9. The van der Waals surface area contributed by atoms with E-state index in [-0.39, 0.29) is 23.7 Å². The molecule has 5 nitrogen and oxygen atoms in total. The summed E-state index contributed by atoms with van der Waals surface area (Å²) in [6, 6.07) is 10.4. The van der Waals surface area contributed by atoms with Gasteiger partial charge in [-0.05, 0) is 24.0 Å². The van der Waals surface area contributed by atoms with Crippen molar-refractivity contribution in [2.75, 3.05) is 6.54 Å². The predicted octanol–water partition coefficient (Wildman–Crippen LogP) is 3.14. The number of aromatic amines is 1. The molecule has 2 aromatic heterocycles. The number of aromatic nitrogens is 2. The van der Waals surface area contributed by atoms with Gasteiger partial charge in [0.25, 0.3) is 5.56 Å². The Morgan fingerprint density at radius 3 is 2.69 bits per heavy atom. The molecule has 3 aromatic rings. The van der Waals surface area contributed by atoms with Gasteiger partial charge in [0.1, 0.15) is 4.83 Å². The van der Waals surface area contributed by atoms with E-state index in [2.05, 4.69) is 34.1 Å². The molecule has 0 saturated carbocycles. The lowest BCUT2D eigenvalue weighted by Crippen LogP contribution is -2.35. The summed E-state index contributed by atoms with van der Waals surface area (Å²) >= 11 is 1.56. The first-order valence-corrected chi connectivity index (χ1v) is 9.52. The molecule has 7 heteroatoms. The third-order valence-electron chi connectivity index (χ3n) is 4.76. The van der Waals surface area contributed by atoms with Crippen molar-refractivity contribution >= 4 is 34.0 Å². The Kier molecular flexibility index (Phi) is 5.65. The SMILES string of the molecule is CCCn1c(=O)[nH]c2sc3c(c2c1=O)CCN(Cc1ccccc1)C3.Cl. The second-order valence-corrected chi connectivity index (χ2v) is 7.65. The summed E-state index contributed by atoms with van der Waals surface area (Å²) in [6.07, 6.45) is 1.63. The van der Waals surface area contributed by atoms with E-state index < -0.39 is 0 Å². The summed E-state index contributed by atoms with van der Waals surface area (Å²) in [5.74, 6) is 0. The van der Waals surface area contributed by atoms with Crippen LogP contribution in [0.15, 0.2) is 39.9 Å². The van der Waals surface area contributed by atoms with E-state index in [0.717, 1.165) is 48.3 Å². The van der Waals surface area contributed by atoms with Crippen LogP contribution < -0.4 is 11.2 Å². The van der Waals surface area contributed by atoms with Crippen LogP contribution in [0.5, 0.6) is 0 Å². The first-order chi connectivity index (χ1) is 12.2. The molecule has 0 spiro atoms. The van der Waals surface area contributed by atoms with Crippen LogP contribution in [-0.2, 0) is 26.1 Å². The largest absolute Gasteiger partial charge is 0.329 e. The molecule has 0 unspecified atom stereocenters. The number of rotatable bonds is 4. The average Bonchev–Trinajstić information content (AvgIpc) is 2.96. The molecule has 0 fully saturated rings. The number of thiophene rings is 1. The van der Waals surface area contributed by atoms with E-state index in [4.69, 9.17) is 0 Å². The maximum absolute atomic E-state index is 12.8. The molecule has 1 aliphatic rings. The average molecular weight is 392 g/mol. The Hall–Kier alpha value is -1.89. The van der Waals surface area contributed by atoms with E-state index >= 15 is 0 Å². The lowest BCUT2D eigenvalue weighted by atomic mass is 10.0. The van der Waals surface area contributed by atoms with Crippen molar-refractivity contribution in [2.24, 2.45) is 0 Å². The number of hydrogen-bond acceptors (Lipinski definition) is 4. The van der Waals surface area contributed by atoms with Gasteiger partial charge >= 0.3 is 5.69 Å². The highest BCUT2D eigenvalue weighted by molar-refractivity contribution is 7.18. The Morgan fingerprint density at radius 2 is 1.96 bits per heavy atom. The molecular weight excluding hydrogens is 370 g/mol. The molecule has 1 aliphatic heterocycles. The summed E-state index contributed by atoms with van der Waals surface area (Å²) < 4.78 is 1.34. The van der Waals surface area contributed by atoms with Gasteiger partial charge < -0.3 is 0 Å². The van der Waals surface area contributed by atoms with Crippen LogP contribution >= 0.6 is 23.7 Å². The van der Waals surface area contributed by atoms with E-state index in [1.54, 1.807) is 11.3 Å². The minimum absolute atomic E-state index is 0. The molecular formula is C19H22ClN3O2S. The molecule has 4 rings (SSSR count). The minimum atomic E-state index is -0.293. The highest BCUT2D eigenvalue weighted by atomic mass is 35.5. The van der Waals surface area contributed by atoms with E-state index in [9.17, 15) is 9.59 Å². The predicted molar refractivity (Wildman–Crippen MR) is 109 cm³/mol. The third kappa shape index (κ3) is 3.37. The maximum atomic E-state index is 12.8.